The SMILES string of the molecule is C=CCN1c2ccccc2C(=O)C12C=C(C(C)(C)C)c1ccccc12. The normalized spacial score (nSPS) is 21.3. The highest BCUT2D eigenvalue weighted by Gasteiger charge is 2.55. The third-order valence-corrected chi connectivity index (χ3v) is 5.31. The molecule has 2 aromatic rings. The molecule has 1 aliphatic heterocycles. The molecule has 1 heterocycles. The highest BCUT2D eigenvalue weighted by atomic mass is 16.1. The molecule has 0 fully saturated rings. The number of benzene rings is 2. The van der Waals surface area contributed by atoms with E-state index in [1.165, 1.54) is 11.1 Å². The van der Waals surface area contributed by atoms with Gasteiger partial charge in [0.15, 0.2) is 5.78 Å². The van der Waals surface area contributed by atoms with Gasteiger partial charge in [0.05, 0.1) is 0 Å². The molecule has 1 spiro atoms. The Morgan fingerprint density at radius 3 is 2.36 bits per heavy atom. The quantitative estimate of drug-likeness (QED) is 0.705. The molecule has 0 saturated carbocycles. The van der Waals surface area contributed by atoms with E-state index in [-0.39, 0.29) is 11.2 Å². The molecule has 25 heavy (non-hydrogen) atoms. The maximum absolute atomic E-state index is 13.6. The van der Waals surface area contributed by atoms with Crippen molar-refractivity contribution in [1.29, 1.82) is 0 Å². The third kappa shape index (κ3) is 2.00. The Bertz CT molecular complexity index is 916. The van der Waals surface area contributed by atoms with E-state index in [1.807, 2.05) is 36.4 Å². The van der Waals surface area contributed by atoms with Crippen LogP contribution in [0.1, 0.15) is 42.3 Å². The zero-order valence-electron chi connectivity index (χ0n) is 15.0. The lowest BCUT2D eigenvalue weighted by atomic mass is 9.83. The zero-order chi connectivity index (χ0) is 17.8. The molecule has 4 rings (SSSR count). The minimum Gasteiger partial charge on any atom is -0.347 e. The van der Waals surface area contributed by atoms with E-state index in [4.69, 9.17) is 0 Å². The number of ketones is 1. The first-order chi connectivity index (χ1) is 11.9. The van der Waals surface area contributed by atoms with Crippen LogP contribution in [0.3, 0.4) is 0 Å². The monoisotopic (exact) mass is 329 g/mol. The predicted octanol–water partition coefficient (Wildman–Crippen LogP) is 5.21. The standard InChI is InChI=1S/C23H23NO/c1-5-14-24-20-13-9-7-11-17(20)21(25)23(24)15-19(22(2,3)4)16-10-6-8-12-18(16)23/h5-13,15H,1,14H2,2-4H3. The van der Waals surface area contributed by atoms with Gasteiger partial charge in [0.2, 0.25) is 0 Å². The van der Waals surface area contributed by atoms with Gasteiger partial charge in [-0.1, -0.05) is 63.2 Å². The summed E-state index contributed by atoms with van der Waals surface area (Å²) < 4.78 is 0. The second-order valence-corrected chi connectivity index (χ2v) is 7.87. The van der Waals surface area contributed by atoms with Crippen LogP contribution in [-0.2, 0) is 5.54 Å². The molecular weight excluding hydrogens is 306 g/mol. The van der Waals surface area contributed by atoms with Crippen molar-refractivity contribution in [3.05, 3.63) is 84.0 Å². The van der Waals surface area contributed by atoms with Crippen LogP contribution >= 0.6 is 0 Å². The summed E-state index contributed by atoms with van der Waals surface area (Å²) in [5.41, 5.74) is 4.51. The fraction of sp³-hybridized carbons (Fsp3) is 0.261. The first kappa shape index (κ1) is 15.9. The fourth-order valence-corrected chi connectivity index (χ4v) is 4.24. The largest absolute Gasteiger partial charge is 0.347 e. The number of carbonyl (C=O) groups excluding carboxylic acids is 1. The van der Waals surface area contributed by atoms with Gasteiger partial charge in [0.25, 0.3) is 0 Å². The van der Waals surface area contributed by atoms with Gasteiger partial charge in [0.1, 0.15) is 5.54 Å². The van der Waals surface area contributed by atoms with Gasteiger partial charge in [-0.05, 0) is 40.3 Å². The number of anilines is 1. The molecule has 2 aliphatic rings. The molecular formula is C23H23NO. The van der Waals surface area contributed by atoms with Crippen LogP contribution in [0, 0.1) is 5.41 Å². The first-order valence-corrected chi connectivity index (χ1v) is 8.77. The lowest BCUT2D eigenvalue weighted by Gasteiger charge is -2.34. The van der Waals surface area contributed by atoms with Gasteiger partial charge in [-0.2, -0.15) is 0 Å². The number of nitrogens with zero attached hydrogens (tertiary/aromatic N) is 1. The molecule has 2 aromatic carbocycles. The van der Waals surface area contributed by atoms with Crippen LogP contribution < -0.4 is 4.90 Å². The number of Topliss-reactive ketones (excluding diaryl/α,β-unsaturated/α-hetero) is 1. The molecule has 0 amide bonds. The van der Waals surface area contributed by atoms with Crippen LogP contribution in [0.4, 0.5) is 5.69 Å². The lowest BCUT2D eigenvalue weighted by molar-refractivity contribution is 0.0933. The fourth-order valence-electron chi connectivity index (χ4n) is 4.24. The van der Waals surface area contributed by atoms with Crippen LogP contribution in [0.2, 0.25) is 0 Å². The second kappa shape index (κ2) is 5.19. The Morgan fingerprint density at radius 1 is 1.04 bits per heavy atom. The predicted molar refractivity (Wildman–Crippen MR) is 104 cm³/mol. The molecule has 1 atom stereocenters. The summed E-state index contributed by atoms with van der Waals surface area (Å²) in [7, 11) is 0. The molecule has 2 heteroatoms. The Labute approximate surface area is 149 Å². The number of para-hydroxylation sites is 1. The number of rotatable bonds is 2. The number of carbonyl (C=O) groups is 1. The lowest BCUT2D eigenvalue weighted by Crippen LogP contribution is -2.45. The Morgan fingerprint density at radius 2 is 1.68 bits per heavy atom. The molecule has 0 bridgehead atoms. The van der Waals surface area contributed by atoms with Crippen molar-refractivity contribution in [2.45, 2.75) is 26.3 Å². The summed E-state index contributed by atoms with van der Waals surface area (Å²) in [6.07, 6.45) is 4.08. The van der Waals surface area contributed by atoms with E-state index in [1.54, 1.807) is 0 Å². The topological polar surface area (TPSA) is 20.3 Å². The van der Waals surface area contributed by atoms with Crippen molar-refractivity contribution in [2.75, 3.05) is 11.4 Å². The number of hydrogen-bond acceptors (Lipinski definition) is 2. The van der Waals surface area contributed by atoms with Crippen molar-refractivity contribution in [2.24, 2.45) is 5.41 Å². The van der Waals surface area contributed by atoms with Gasteiger partial charge in [0, 0.05) is 17.8 Å². The maximum Gasteiger partial charge on any atom is 0.199 e. The summed E-state index contributed by atoms with van der Waals surface area (Å²) >= 11 is 0. The van der Waals surface area contributed by atoms with Gasteiger partial charge < -0.3 is 4.90 Å². The molecule has 0 N–H and O–H groups in total. The van der Waals surface area contributed by atoms with Crippen molar-refractivity contribution >= 4 is 17.0 Å². The molecule has 2 nitrogen and oxygen atoms in total. The summed E-state index contributed by atoms with van der Waals surface area (Å²) in [6, 6.07) is 16.2. The zero-order valence-corrected chi connectivity index (χ0v) is 15.0. The molecule has 126 valence electrons. The highest BCUT2D eigenvalue weighted by Crippen LogP contribution is 2.55. The maximum atomic E-state index is 13.6. The number of allylic oxidation sites excluding steroid dienone is 1. The van der Waals surface area contributed by atoms with Crippen LogP contribution in [0.15, 0.2) is 67.3 Å². The van der Waals surface area contributed by atoms with E-state index in [0.717, 1.165) is 16.8 Å². The second-order valence-electron chi connectivity index (χ2n) is 7.87. The summed E-state index contributed by atoms with van der Waals surface area (Å²) in [5.74, 6) is 0.164. The Balaban J connectivity index is 2.05. The molecule has 1 aliphatic carbocycles. The summed E-state index contributed by atoms with van der Waals surface area (Å²) in [6.45, 7) is 11.2. The summed E-state index contributed by atoms with van der Waals surface area (Å²) in [5, 5.41) is 0. The molecule has 1 unspecified atom stereocenters. The Kier molecular flexibility index (Phi) is 3.30. The van der Waals surface area contributed by atoms with Crippen LogP contribution in [-0.4, -0.2) is 12.3 Å². The number of fused-ring (bicyclic) bond motifs is 3. The van der Waals surface area contributed by atoms with Crippen molar-refractivity contribution < 1.29 is 4.79 Å². The molecule has 0 aromatic heterocycles. The van der Waals surface area contributed by atoms with Crippen molar-refractivity contribution in [1.82, 2.24) is 0 Å². The van der Waals surface area contributed by atoms with E-state index in [9.17, 15) is 4.79 Å². The van der Waals surface area contributed by atoms with E-state index in [0.29, 0.717) is 6.54 Å². The highest BCUT2D eigenvalue weighted by molar-refractivity contribution is 6.18. The number of hydrogen-bond donors (Lipinski definition) is 0. The average Bonchev–Trinajstić information content (AvgIpc) is 3.06. The molecule has 0 radical (unpaired) electrons. The smallest absolute Gasteiger partial charge is 0.199 e. The molecule has 0 saturated heterocycles. The summed E-state index contributed by atoms with van der Waals surface area (Å²) in [4.78, 5) is 15.8. The van der Waals surface area contributed by atoms with E-state index < -0.39 is 5.54 Å². The van der Waals surface area contributed by atoms with Crippen LogP contribution in [0.25, 0.3) is 5.57 Å². The minimum atomic E-state index is -0.753. The van der Waals surface area contributed by atoms with Crippen LogP contribution in [0.5, 0.6) is 0 Å². The van der Waals surface area contributed by atoms with Gasteiger partial charge >= 0.3 is 0 Å². The van der Waals surface area contributed by atoms with E-state index >= 15 is 0 Å². The van der Waals surface area contributed by atoms with Gasteiger partial charge in [-0.25, -0.2) is 0 Å². The van der Waals surface area contributed by atoms with Gasteiger partial charge in [-0.3, -0.25) is 4.79 Å². The average molecular weight is 329 g/mol. The van der Waals surface area contributed by atoms with E-state index in [2.05, 4.69) is 56.5 Å². The van der Waals surface area contributed by atoms with Gasteiger partial charge in [-0.15, -0.1) is 6.58 Å². The minimum absolute atomic E-state index is 0.0332. The Hall–Kier alpha value is -2.61. The van der Waals surface area contributed by atoms with Crippen molar-refractivity contribution in [3.63, 3.8) is 0 Å². The van der Waals surface area contributed by atoms with Crippen molar-refractivity contribution in [3.8, 4) is 0 Å². The first-order valence-electron chi connectivity index (χ1n) is 8.77. The third-order valence-electron chi connectivity index (χ3n) is 5.31.